The third kappa shape index (κ3) is 3.90. The van der Waals surface area contributed by atoms with Crippen molar-refractivity contribution in [2.24, 2.45) is 11.8 Å². The molecule has 3 fully saturated rings. The number of hydroxylamine groups is 1. The number of hydrogen-bond donors (Lipinski definition) is 5. The van der Waals surface area contributed by atoms with Crippen molar-refractivity contribution < 1.29 is 4.84 Å². The largest absolute Gasteiger partial charge is 0.304 e. The Bertz CT molecular complexity index is 289. The first kappa shape index (κ1) is 14.7. The number of nitrogens with one attached hydrogen (secondary N) is 5. The molecule has 1 aliphatic carbocycles. The first-order chi connectivity index (χ1) is 9.81. The fraction of sp³-hybridized carbons (Fsp3) is 1.00. The van der Waals surface area contributed by atoms with Crippen molar-refractivity contribution in [2.45, 2.75) is 57.6 Å². The summed E-state index contributed by atoms with van der Waals surface area (Å²) >= 11 is 0. The van der Waals surface area contributed by atoms with Gasteiger partial charge in [-0.3, -0.25) is 15.5 Å². The lowest BCUT2D eigenvalue weighted by atomic mass is 9.80. The first-order valence-electron chi connectivity index (χ1n) is 8.16. The SMILES string of the molecule is CC1NC(C2CCC(CNC3CCNCN3)CC2)NO1. The molecule has 6 heteroatoms. The highest BCUT2D eigenvalue weighted by atomic mass is 16.7. The zero-order chi connectivity index (χ0) is 13.8. The van der Waals surface area contributed by atoms with E-state index in [0.717, 1.165) is 25.7 Å². The number of rotatable bonds is 4. The highest BCUT2D eigenvalue weighted by molar-refractivity contribution is 4.83. The summed E-state index contributed by atoms with van der Waals surface area (Å²) < 4.78 is 0. The van der Waals surface area contributed by atoms with Crippen LogP contribution in [0.15, 0.2) is 0 Å². The van der Waals surface area contributed by atoms with Crippen LogP contribution in [-0.2, 0) is 4.84 Å². The van der Waals surface area contributed by atoms with Crippen LogP contribution in [0.25, 0.3) is 0 Å². The zero-order valence-electron chi connectivity index (χ0n) is 12.5. The van der Waals surface area contributed by atoms with E-state index in [-0.39, 0.29) is 6.23 Å². The lowest BCUT2D eigenvalue weighted by molar-refractivity contribution is 0.0251. The molecule has 116 valence electrons. The van der Waals surface area contributed by atoms with Gasteiger partial charge in [-0.15, -0.1) is 0 Å². The predicted molar refractivity (Wildman–Crippen MR) is 78.5 cm³/mol. The van der Waals surface area contributed by atoms with Crippen molar-refractivity contribution in [3.63, 3.8) is 0 Å². The fourth-order valence-corrected chi connectivity index (χ4v) is 3.57. The highest BCUT2D eigenvalue weighted by Gasteiger charge is 2.32. The summed E-state index contributed by atoms with van der Waals surface area (Å²) in [6.45, 7) is 5.26. The van der Waals surface area contributed by atoms with Gasteiger partial charge in [0.15, 0.2) is 0 Å². The summed E-state index contributed by atoms with van der Waals surface area (Å²) in [7, 11) is 0. The lowest BCUT2D eigenvalue weighted by Crippen LogP contribution is -2.53. The van der Waals surface area contributed by atoms with Crippen LogP contribution >= 0.6 is 0 Å². The fourth-order valence-electron chi connectivity index (χ4n) is 3.57. The van der Waals surface area contributed by atoms with Gasteiger partial charge >= 0.3 is 0 Å². The summed E-state index contributed by atoms with van der Waals surface area (Å²) in [5, 5.41) is 13.9. The van der Waals surface area contributed by atoms with Crippen LogP contribution in [-0.4, -0.2) is 38.3 Å². The van der Waals surface area contributed by atoms with Crippen LogP contribution in [0.1, 0.15) is 39.0 Å². The average molecular weight is 283 g/mol. The van der Waals surface area contributed by atoms with Crippen molar-refractivity contribution >= 4 is 0 Å². The molecular weight excluding hydrogens is 254 g/mol. The van der Waals surface area contributed by atoms with Gasteiger partial charge in [-0.1, -0.05) is 0 Å². The molecule has 6 nitrogen and oxygen atoms in total. The molecule has 0 amide bonds. The zero-order valence-corrected chi connectivity index (χ0v) is 12.5. The second-order valence-corrected chi connectivity index (χ2v) is 6.43. The Morgan fingerprint density at radius 1 is 1.15 bits per heavy atom. The Morgan fingerprint density at radius 3 is 2.65 bits per heavy atom. The van der Waals surface area contributed by atoms with Crippen LogP contribution in [0.3, 0.4) is 0 Å². The van der Waals surface area contributed by atoms with E-state index in [1.807, 2.05) is 0 Å². The van der Waals surface area contributed by atoms with Gasteiger partial charge in [-0.05, 0) is 64.0 Å². The quantitative estimate of drug-likeness (QED) is 0.502. The third-order valence-corrected chi connectivity index (χ3v) is 4.89. The maximum Gasteiger partial charge on any atom is 0.128 e. The van der Waals surface area contributed by atoms with Gasteiger partial charge < -0.3 is 10.6 Å². The van der Waals surface area contributed by atoms with Crippen molar-refractivity contribution in [2.75, 3.05) is 19.8 Å². The average Bonchev–Trinajstić information content (AvgIpc) is 2.93. The molecule has 2 saturated heterocycles. The van der Waals surface area contributed by atoms with Crippen molar-refractivity contribution in [1.82, 2.24) is 26.7 Å². The molecule has 0 aromatic rings. The van der Waals surface area contributed by atoms with E-state index in [1.165, 1.54) is 32.1 Å². The van der Waals surface area contributed by atoms with Gasteiger partial charge in [0.2, 0.25) is 0 Å². The second-order valence-electron chi connectivity index (χ2n) is 6.43. The Morgan fingerprint density at radius 2 is 2.00 bits per heavy atom. The van der Waals surface area contributed by atoms with Crippen LogP contribution < -0.4 is 26.7 Å². The van der Waals surface area contributed by atoms with Gasteiger partial charge in [0.25, 0.3) is 0 Å². The van der Waals surface area contributed by atoms with Gasteiger partial charge in [0.05, 0.1) is 12.3 Å². The molecule has 0 radical (unpaired) electrons. The molecule has 2 aliphatic heterocycles. The maximum absolute atomic E-state index is 5.38. The minimum absolute atomic E-state index is 0.144. The van der Waals surface area contributed by atoms with E-state index in [4.69, 9.17) is 4.84 Å². The molecule has 3 rings (SSSR count). The van der Waals surface area contributed by atoms with Gasteiger partial charge in [0.1, 0.15) is 6.23 Å². The van der Waals surface area contributed by atoms with Crippen LogP contribution in [0.2, 0.25) is 0 Å². The molecule has 5 N–H and O–H groups in total. The summed E-state index contributed by atoms with van der Waals surface area (Å²) in [6, 6.07) is 0. The normalized spacial score (nSPS) is 42.8. The summed E-state index contributed by atoms with van der Waals surface area (Å²) in [5.41, 5.74) is 3.13. The molecule has 0 aromatic heterocycles. The smallest absolute Gasteiger partial charge is 0.128 e. The highest BCUT2D eigenvalue weighted by Crippen LogP contribution is 2.31. The molecule has 1 saturated carbocycles. The molecule has 0 spiro atoms. The van der Waals surface area contributed by atoms with Gasteiger partial charge in [-0.25, -0.2) is 0 Å². The van der Waals surface area contributed by atoms with E-state index in [0.29, 0.717) is 18.2 Å². The molecular formula is C14H29N5O. The van der Waals surface area contributed by atoms with Gasteiger partial charge in [-0.2, -0.15) is 5.48 Å². The topological polar surface area (TPSA) is 69.4 Å². The molecule has 0 aromatic carbocycles. The summed E-state index contributed by atoms with van der Waals surface area (Å²) in [6.07, 6.45) is 7.44. The van der Waals surface area contributed by atoms with E-state index in [1.54, 1.807) is 0 Å². The Labute approximate surface area is 121 Å². The molecule has 3 unspecified atom stereocenters. The second kappa shape index (κ2) is 7.15. The van der Waals surface area contributed by atoms with Crippen molar-refractivity contribution in [3.8, 4) is 0 Å². The van der Waals surface area contributed by atoms with E-state index >= 15 is 0 Å². The Kier molecular flexibility index (Phi) is 5.25. The van der Waals surface area contributed by atoms with Gasteiger partial charge in [0, 0.05) is 6.67 Å². The van der Waals surface area contributed by atoms with E-state index in [2.05, 4.69) is 33.7 Å². The number of hydrogen-bond acceptors (Lipinski definition) is 6. The minimum atomic E-state index is 0.144. The standard InChI is InChI=1S/C14H29N5O/c1-10-18-14(19-20-10)12-4-2-11(3-5-12)8-16-13-6-7-15-9-17-13/h10-19H,2-9H2,1H3. The molecule has 3 aliphatic rings. The summed E-state index contributed by atoms with van der Waals surface area (Å²) in [5.74, 6) is 1.55. The van der Waals surface area contributed by atoms with Crippen molar-refractivity contribution in [3.05, 3.63) is 0 Å². The molecule has 2 heterocycles. The molecule has 3 atom stereocenters. The Balaban J connectivity index is 1.33. The van der Waals surface area contributed by atoms with E-state index < -0.39 is 0 Å². The first-order valence-corrected chi connectivity index (χ1v) is 8.16. The summed E-state index contributed by atoms with van der Waals surface area (Å²) in [4.78, 5) is 5.38. The van der Waals surface area contributed by atoms with Crippen LogP contribution in [0.5, 0.6) is 0 Å². The predicted octanol–water partition coefficient (Wildman–Crippen LogP) is 0.0454. The Hall–Kier alpha value is -0.240. The minimum Gasteiger partial charge on any atom is -0.304 e. The molecule has 0 bridgehead atoms. The lowest BCUT2D eigenvalue weighted by Gasteiger charge is -2.33. The maximum atomic E-state index is 5.38. The third-order valence-electron chi connectivity index (χ3n) is 4.89. The van der Waals surface area contributed by atoms with E-state index in [9.17, 15) is 0 Å². The van der Waals surface area contributed by atoms with Crippen LogP contribution in [0.4, 0.5) is 0 Å². The monoisotopic (exact) mass is 283 g/mol. The molecule has 20 heavy (non-hydrogen) atoms. The van der Waals surface area contributed by atoms with Crippen LogP contribution in [0, 0.1) is 11.8 Å². The van der Waals surface area contributed by atoms with Crippen molar-refractivity contribution in [1.29, 1.82) is 0 Å².